The van der Waals surface area contributed by atoms with E-state index in [1.165, 1.54) is 12.1 Å². The molecule has 1 N–H and O–H groups in total. The van der Waals surface area contributed by atoms with E-state index >= 15 is 0 Å². The van der Waals surface area contributed by atoms with Gasteiger partial charge in [-0.1, -0.05) is 17.3 Å². The van der Waals surface area contributed by atoms with Crippen LogP contribution in [0.4, 0.5) is 4.39 Å². The van der Waals surface area contributed by atoms with E-state index in [4.69, 9.17) is 9.26 Å². The SMILES string of the molecule is COC(CN1CCC(O)(c2nc(C)no2)C1)c1ccc(F)cc1. The van der Waals surface area contributed by atoms with Crippen molar-refractivity contribution in [1.82, 2.24) is 15.0 Å². The number of nitrogens with zero attached hydrogens (tertiary/aromatic N) is 3. The van der Waals surface area contributed by atoms with Crippen LogP contribution < -0.4 is 0 Å². The first-order chi connectivity index (χ1) is 11.0. The predicted molar refractivity (Wildman–Crippen MR) is 80.1 cm³/mol. The van der Waals surface area contributed by atoms with Gasteiger partial charge < -0.3 is 14.4 Å². The van der Waals surface area contributed by atoms with Crippen molar-refractivity contribution in [2.45, 2.75) is 25.0 Å². The first kappa shape index (κ1) is 16.0. The molecule has 2 heterocycles. The quantitative estimate of drug-likeness (QED) is 0.905. The molecule has 0 spiro atoms. The smallest absolute Gasteiger partial charge is 0.259 e. The van der Waals surface area contributed by atoms with Gasteiger partial charge in [0.15, 0.2) is 11.4 Å². The first-order valence-electron chi connectivity index (χ1n) is 7.54. The van der Waals surface area contributed by atoms with Gasteiger partial charge in [-0.25, -0.2) is 4.39 Å². The molecule has 1 fully saturated rings. The topological polar surface area (TPSA) is 71.6 Å². The maximum Gasteiger partial charge on any atom is 0.259 e. The number of halogens is 1. The van der Waals surface area contributed by atoms with Crippen LogP contribution in [-0.2, 0) is 10.3 Å². The molecule has 1 aromatic heterocycles. The molecule has 6 nitrogen and oxygen atoms in total. The predicted octanol–water partition coefficient (Wildman–Crippen LogP) is 1.80. The summed E-state index contributed by atoms with van der Waals surface area (Å²) in [5, 5.41) is 14.5. The lowest BCUT2D eigenvalue weighted by Crippen LogP contribution is -2.33. The van der Waals surface area contributed by atoms with Gasteiger partial charge in [-0.3, -0.25) is 4.90 Å². The van der Waals surface area contributed by atoms with Crippen LogP contribution in [0.15, 0.2) is 28.8 Å². The molecule has 2 aromatic rings. The summed E-state index contributed by atoms with van der Waals surface area (Å²) in [5.74, 6) is 0.493. The van der Waals surface area contributed by atoms with E-state index in [-0.39, 0.29) is 17.8 Å². The Bertz CT molecular complexity index is 661. The molecular formula is C16H20FN3O3. The number of likely N-dealkylation sites (tertiary alicyclic amines) is 1. The van der Waals surface area contributed by atoms with Crippen LogP contribution in [0.25, 0.3) is 0 Å². The molecule has 2 unspecified atom stereocenters. The van der Waals surface area contributed by atoms with E-state index in [0.717, 1.165) is 5.56 Å². The highest BCUT2D eigenvalue weighted by molar-refractivity contribution is 5.19. The minimum Gasteiger partial charge on any atom is -0.379 e. The third kappa shape index (κ3) is 3.41. The number of aromatic nitrogens is 2. The normalized spacial score (nSPS) is 23.3. The summed E-state index contributed by atoms with van der Waals surface area (Å²) >= 11 is 0. The van der Waals surface area contributed by atoms with Crippen LogP contribution in [0.1, 0.15) is 29.8 Å². The lowest BCUT2D eigenvalue weighted by molar-refractivity contribution is 0.00562. The van der Waals surface area contributed by atoms with Crippen molar-refractivity contribution in [3.63, 3.8) is 0 Å². The number of benzene rings is 1. The van der Waals surface area contributed by atoms with E-state index in [1.807, 2.05) is 0 Å². The van der Waals surface area contributed by atoms with E-state index < -0.39 is 5.60 Å². The Kier molecular flexibility index (Phi) is 4.43. The summed E-state index contributed by atoms with van der Waals surface area (Å²) in [6, 6.07) is 6.27. The Morgan fingerprint density at radius 1 is 1.43 bits per heavy atom. The average molecular weight is 321 g/mol. The van der Waals surface area contributed by atoms with Crippen LogP contribution in [0.2, 0.25) is 0 Å². The van der Waals surface area contributed by atoms with E-state index in [9.17, 15) is 9.50 Å². The van der Waals surface area contributed by atoms with Gasteiger partial charge in [0.05, 0.1) is 6.10 Å². The Labute approximate surface area is 133 Å². The summed E-state index contributed by atoms with van der Waals surface area (Å²) in [6.45, 7) is 3.41. The molecule has 0 aliphatic carbocycles. The molecule has 124 valence electrons. The van der Waals surface area contributed by atoms with Crippen molar-refractivity contribution in [2.75, 3.05) is 26.7 Å². The molecule has 1 saturated heterocycles. The Balaban J connectivity index is 1.67. The fourth-order valence-electron chi connectivity index (χ4n) is 2.92. The van der Waals surface area contributed by atoms with Crippen molar-refractivity contribution in [2.24, 2.45) is 0 Å². The zero-order valence-corrected chi connectivity index (χ0v) is 13.2. The highest BCUT2D eigenvalue weighted by atomic mass is 19.1. The number of aliphatic hydroxyl groups is 1. The first-order valence-corrected chi connectivity index (χ1v) is 7.54. The maximum atomic E-state index is 13.0. The van der Waals surface area contributed by atoms with Gasteiger partial charge in [-0.15, -0.1) is 0 Å². The number of aryl methyl sites for hydroxylation is 1. The van der Waals surface area contributed by atoms with Crippen LogP contribution in [-0.4, -0.2) is 46.9 Å². The third-order valence-electron chi connectivity index (χ3n) is 4.20. The van der Waals surface area contributed by atoms with E-state index in [2.05, 4.69) is 15.0 Å². The fourth-order valence-corrected chi connectivity index (χ4v) is 2.92. The summed E-state index contributed by atoms with van der Waals surface area (Å²) in [6.07, 6.45) is 0.330. The highest BCUT2D eigenvalue weighted by Crippen LogP contribution is 2.32. The number of hydrogen-bond donors (Lipinski definition) is 1. The van der Waals surface area contributed by atoms with Gasteiger partial charge in [-0.05, 0) is 31.0 Å². The second-order valence-corrected chi connectivity index (χ2v) is 5.94. The number of β-amino-alcohol motifs (C(OH)–C–C–N with tert-alkyl or cyclic N) is 1. The fraction of sp³-hybridized carbons (Fsp3) is 0.500. The summed E-state index contributed by atoms with van der Waals surface area (Å²) in [5.41, 5.74) is -0.222. The minimum atomic E-state index is -1.12. The van der Waals surface area contributed by atoms with Crippen LogP contribution in [0.5, 0.6) is 0 Å². The molecule has 0 saturated carbocycles. The molecule has 1 aliphatic heterocycles. The summed E-state index contributed by atoms with van der Waals surface area (Å²) in [7, 11) is 1.62. The molecule has 23 heavy (non-hydrogen) atoms. The van der Waals surface area contributed by atoms with Crippen LogP contribution >= 0.6 is 0 Å². The van der Waals surface area contributed by atoms with Gasteiger partial charge in [-0.2, -0.15) is 4.98 Å². The highest BCUT2D eigenvalue weighted by Gasteiger charge is 2.42. The Morgan fingerprint density at radius 3 is 2.78 bits per heavy atom. The van der Waals surface area contributed by atoms with Crippen molar-refractivity contribution < 1.29 is 18.8 Å². The molecule has 0 radical (unpaired) electrons. The Morgan fingerprint density at radius 2 is 2.17 bits per heavy atom. The standard InChI is InChI=1S/C16H20FN3O3/c1-11-18-15(23-19-11)16(21)7-8-20(10-16)9-14(22-2)12-3-5-13(17)6-4-12/h3-6,14,21H,7-10H2,1-2H3. The Hall–Kier alpha value is -1.83. The minimum absolute atomic E-state index is 0.192. The van der Waals surface area contributed by atoms with Gasteiger partial charge in [0.1, 0.15) is 5.82 Å². The van der Waals surface area contributed by atoms with Gasteiger partial charge in [0, 0.05) is 26.7 Å². The average Bonchev–Trinajstić information content (AvgIpc) is 3.13. The molecular weight excluding hydrogens is 301 g/mol. The van der Waals surface area contributed by atoms with Gasteiger partial charge in [0.2, 0.25) is 0 Å². The van der Waals surface area contributed by atoms with Crippen molar-refractivity contribution in [3.05, 3.63) is 47.4 Å². The van der Waals surface area contributed by atoms with Crippen molar-refractivity contribution in [3.8, 4) is 0 Å². The lowest BCUT2D eigenvalue weighted by atomic mass is 10.0. The van der Waals surface area contributed by atoms with Gasteiger partial charge >= 0.3 is 0 Å². The molecule has 1 aromatic carbocycles. The van der Waals surface area contributed by atoms with Crippen molar-refractivity contribution >= 4 is 0 Å². The van der Waals surface area contributed by atoms with E-state index in [0.29, 0.717) is 31.9 Å². The third-order valence-corrected chi connectivity index (χ3v) is 4.20. The van der Waals surface area contributed by atoms with Crippen molar-refractivity contribution in [1.29, 1.82) is 0 Å². The largest absolute Gasteiger partial charge is 0.379 e. The number of hydrogen-bond acceptors (Lipinski definition) is 6. The molecule has 3 rings (SSSR count). The zero-order chi connectivity index (χ0) is 16.4. The second-order valence-electron chi connectivity index (χ2n) is 5.94. The molecule has 1 aliphatic rings. The number of methoxy groups -OCH3 is 1. The van der Waals surface area contributed by atoms with Crippen LogP contribution in [0, 0.1) is 12.7 Å². The maximum absolute atomic E-state index is 13.0. The number of ether oxygens (including phenoxy) is 1. The van der Waals surface area contributed by atoms with E-state index in [1.54, 1.807) is 26.2 Å². The zero-order valence-electron chi connectivity index (χ0n) is 13.2. The molecule has 0 bridgehead atoms. The van der Waals surface area contributed by atoms with Crippen LogP contribution in [0.3, 0.4) is 0 Å². The summed E-state index contributed by atoms with van der Waals surface area (Å²) < 4.78 is 23.7. The lowest BCUT2D eigenvalue weighted by Gasteiger charge is -2.24. The monoisotopic (exact) mass is 321 g/mol. The molecule has 7 heteroatoms. The van der Waals surface area contributed by atoms with Gasteiger partial charge in [0.25, 0.3) is 5.89 Å². The summed E-state index contributed by atoms with van der Waals surface area (Å²) in [4.78, 5) is 6.22. The second kappa shape index (κ2) is 6.35. The molecule has 2 atom stereocenters. The number of rotatable bonds is 5. The molecule has 0 amide bonds.